The topological polar surface area (TPSA) is 65.1 Å². The van der Waals surface area contributed by atoms with Crippen LogP contribution in [0.2, 0.25) is 5.02 Å². The van der Waals surface area contributed by atoms with Gasteiger partial charge in [0.15, 0.2) is 18.1 Å². The molecule has 1 aromatic rings. The second-order valence-corrected chi connectivity index (χ2v) is 6.90. The number of likely N-dealkylation sites (tertiary alicyclic amines) is 1. The Balaban J connectivity index is 1.64. The first kappa shape index (κ1) is 17.9. The molecule has 3 rings (SSSR count). The highest BCUT2D eigenvalue weighted by Gasteiger charge is 2.29. The third kappa shape index (κ3) is 3.84. The lowest BCUT2D eigenvalue weighted by molar-refractivity contribution is -0.140. The van der Waals surface area contributed by atoms with E-state index in [0.29, 0.717) is 24.7 Å². The van der Waals surface area contributed by atoms with Gasteiger partial charge in [0.2, 0.25) is 0 Å². The summed E-state index contributed by atoms with van der Waals surface area (Å²) in [6, 6.07) is 3.32. The number of hydrogen-bond acceptors (Lipinski definition) is 5. The zero-order valence-corrected chi connectivity index (χ0v) is 15.2. The zero-order valence-electron chi connectivity index (χ0n) is 14.4. The first-order valence-electron chi connectivity index (χ1n) is 8.55. The van der Waals surface area contributed by atoms with Crippen LogP contribution in [0.4, 0.5) is 0 Å². The average Bonchev–Trinajstić information content (AvgIpc) is 2.59. The van der Waals surface area contributed by atoms with E-state index in [0.717, 1.165) is 19.3 Å². The number of carbonyl (C=O) groups excluding carboxylic acids is 2. The number of piperidine rings is 1. The van der Waals surface area contributed by atoms with Gasteiger partial charge in [0, 0.05) is 12.1 Å². The highest BCUT2D eigenvalue weighted by Crippen LogP contribution is 2.38. The Kier molecular flexibility index (Phi) is 5.37. The molecule has 1 saturated heterocycles. The molecule has 7 heteroatoms. The van der Waals surface area contributed by atoms with Gasteiger partial charge in [-0.15, -0.1) is 0 Å². The van der Waals surface area contributed by atoms with Crippen molar-refractivity contribution in [1.29, 1.82) is 0 Å². The molecule has 0 saturated carbocycles. The number of nitrogens with zero attached hydrogens (tertiary/aromatic N) is 1. The fraction of sp³-hybridized carbons (Fsp3) is 0.556. The highest BCUT2D eigenvalue weighted by atomic mass is 35.5. The normalized spacial score (nSPS) is 22.4. The molecule has 1 aromatic carbocycles. The summed E-state index contributed by atoms with van der Waals surface area (Å²) in [4.78, 5) is 26.5. The lowest BCUT2D eigenvalue weighted by atomic mass is 9.97. The van der Waals surface area contributed by atoms with Crippen molar-refractivity contribution < 1.29 is 23.8 Å². The molecule has 2 aliphatic rings. The number of ether oxygens (including phenoxy) is 3. The summed E-state index contributed by atoms with van der Waals surface area (Å²) in [5.74, 6) is 0.0630. The molecular weight excluding hydrogens is 346 g/mol. The summed E-state index contributed by atoms with van der Waals surface area (Å²) in [5.41, 5.74) is 0.238. The SMILES string of the molecule is CC1CCCC(C)N1C(=O)COC(=O)c1cc(Cl)c2c(c1)OCCO2. The minimum atomic E-state index is -0.607. The van der Waals surface area contributed by atoms with Crippen molar-refractivity contribution in [2.75, 3.05) is 19.8 Å². The Hall–Kier alpha value is -1.95. The third-order valence-corrected chi connectivity index (χ3v) is 4.92. The smallest absolute Gasteiger partial charge is 0.338 e. The molecule has 2 heterocycles. The fourth-order valence-corrected chi connectivity index (χ4v) is 3.69. The molecule has 2 atom stereocenters. The quantitative estimate of drug-likeness (QED) is 0.768. The summed E-state index contributed by atoms with van der Waals surface area (Å²) < 4.78 is 16.1. The van der Waals surface area contributed by atoms with Crippen LogP contribution in [0.5, 0.6) is 11.5 Å². The molecule has 0 radical (unpaired) electrons. The molecule has 1 amide bonds. The summed E-state index contributed by atoms with van der Waals surface area (Å²) in [5, 5.41) is 0.286. The number of rotatable bonds is 3. The minimum Gasteiger partial charge on any atom is -0.486 e. The second kappa shape index (κ2) is 7.52. The lowest BCUT2D eigenvalue weighted by Gasteiger charge is -2.38. The van der Waals surface area contributed by atoms with Gasteiger partial charge < -0.3 is 19.1 Å². The van der Waals surface area contributed by atoms with Gasteiger partial charge in [-0.3, -0.25) is 4.79 Å². The fourth-order valence-electron chi connectivity index (χ4n) is 3.43. The zero-order chi connectivity index (χ0) is 18.0. The van der Waals surface area contributed by atoms with Gasteiger partial charge in [-0.05, 0) is 45.2 Å². The monoisotopic (exact) mass is 367 g/mol. The van der Waals surface area contributed by atoms with Crippen LogP contribution in [0.1, 0.15) is 43.5 Å². The summed E-state index contributed by atoms with van der Waals surface area (Å²) in [6.45, 7) is 4.58. The van der Waals surface area contributed by atoms with Crippen LogP contribution in [0.3, 0.4) is 0 Å². The van der Waals surface area contributed by atoms with Crippen molar-refractivity contribution in [3.63, 3.8) is 0 Å². The first-order valence-corrected chi connectivity index (χ1v) is 8.92. The van der Waals surface area contributed by atoms with Crippen molar-refractivity contribution in [1.82, 2.24) is 4.90 Å². The van der Waals surface area contributed by atoms with Crippen molar-refractivity contribution in [3.8, 4) is 11.5 Å². The molecular formula is C18H22ClNO5. The lowest BCUT2D eigenvalue weighted by Crippen LogP contribution is -2.49. The van der Waals surface area contributed by atoms with Crippen LogP contribution in [-0.2, 0) is 9.53 Å². The molecule has 6 nitrogen and oxygen atoms in total. The standard InChI is InChI=1S/C18H22ClNO5/c1-11-4-3-5-12(2)20(11)16(21)10-25-18(22)13-8-14(19)17-15(9-13)23-6-7-24-17/h8-9,11-12H,3-7,10H2,1-2H3. The maximum Gasteiger partial charge on any atom is 0.338 e. The molecule has 0 N–H and O–H groups in total. The summed E-state index contributed by atoms with van der Waals surface area (Å²) in [7, 11) is 0. The highest BCUT2D eigenvalue weighted by molar-refractivity contribution is 6.32. The van der Waals surface area contributed by atoms with Gasteiger partial charge in [0.05, 0.1) is 10.6 Å². The van der Waals surface area contributed by atoms with Crippen molar-refractivity contribution >= 4 is 23.5 Å². The minimum absolute atomic E-state index is 0.165. The molecule has 2 unspecified atom stereocenters. The Bertz CT molecular complexity index is 668. The van der Waals surface area contributed by atoms with E-state index in [4.69, 9.17) is 25.8 Å². The Labute approximate surface area is 152 Å². The summed E-state index contributed by atoms with van der Waals surface area (Å²) >= 11 is 6.13. The molecule has 25 heavy (non-hydrogen) atoms. The van der Waals surface area contributed by atoms with Crippen molar-refractivity contribution in [3.05, 3.63) is 22.7 Å². The van der Waals surface area contributed by atoms with Crippen LogP contribution >= 0.6 is 11.6 Å². The van der Waals surface area contributed by atoms with E-state index in [-0.39, 0.29) is 35.2 Å². The van der Waals surface area contributed by atoms with Gasteiger partial charge in [-0.25, -0.2) is 4.79 Å². The molecule has 0 spiro atoms. The predicted molar refractivity (Wildman–Crippen MR) is 92.3 cm³/mol. The van der Waals surface area contributed by atoms with E-state index in [2.05, 4.69) is 0 Å². The average molecular weight is 368 g/mol. The second-order valence-electron chi connectivity index (χ2n) is 6.49. The van der Waals surface area contributed by atoms with Gasteiger partial charge in [0.1, 0.15) is 13.2 Å². The van der Waals surface area contributed by atoms with E-state index < -0.39 is 5.97 Å². The van der Waals surface area contributed by atoms with Crippen LogP contribution in [0, 0.1) is 0 Å². The van der Waals surface area contributed by atoms with Crippen LogP contribution in [0.25, 0.3) is 0 Å². The first-order chi connectivity index (χ1) is 12.0. The number of hydrogen-bond donors (Lipinski definition) is 0. The molecule has 0 aromatic heterocycles. The van der Waals surface area contributed by atoms with Crippen LogP contribution in [0.15, 0.2) is 12.1 Å². The van der Waals surface area contributed by atoms with Gasteiger partial charge >= 0.3 is 5.97 Å². The number of benzene rings is 1. The Morgan fingerprint density at radius 1 is 1.20 bits per heavy atom. The number of carbonyl (C=O) groups is 2. The number of esters is 1. The van der Waals surface area contributed by atoms with Gasteiger partial charge in [-0.2, -0.15) is 0 Å². The number of halogens is 1. The molecule has 0 aliphatic carbocycles. The van der Waals surface area contributed by atoms with Crippen LogP contribution < -0.4 is 9.47 Å². The number of amides is 1. The molecule has 136 valence electrons. The molecule has 0 bridgehead atoms. The Morgan fingerprint density at radius 2 is 1.88 bits per heavy atom. The van der Waals surface area contributed by atoms with E-state index in [1.54, 1.807) is 0 Å². The van der Waals surface area contributed by atoms with E-state index in [1.165, 1.54) is 12.1 Å². The Morgan fingerprint density at radius 3 is 2.60 bits per heavy atom. The number of fused-ring (bicyclic) bond motifs is 1. The maximum absolute atomic E-state index is 12.4. The van der Waals surface area contributed by atoms with Crippen molar-refractivity contribution in [2.24, 2.45) is 0 Å². The molecule has 2 aliphatic heterocycles. The van der Waals surface area contributed by atoms with Crippen LogP contribution in [-0.4, -0.2) is 48.7 Å². The van der Waals surface area contributed by atoms with Gasteiger partial charge in [0.25, 0.3) is 5.91 Å². The van der Waals surface area contributed by atoms with Gasteiger partial charge in [-0.1, -0.05) is 11.6 Å². The van der Waals surface area contributed by atoms with E-state index >= 15 is 0 Å². The predicted octanol–water partition coefficient (Wildman–Crippen LogP) is 3.06. The van der Waals surface area contributed by atoms with E-state index in [9.17, 15) is 9.59 Å². The third-order valence-electron chi connectivity index (χ3n) is 4.64. The largest absolute Gasteiger partial charge is 0.486 e. The van der Waals surface area contributed by atoms with E-state index in [1.807, 2.05) is 18.7 Å². The summed E-state index contributed by atoms with van der Waals surface area (Å²) in [6.07, 6.45) is 3.06. The van der Waals surface area contributed by atoms with Crippen molar-refractivity contribution in [2.45, 2.75) is 45.2 Å². The maximum atomic E-state index is 12.4. The molecule has 1 fully saturated rings.